The fraction of sp³-hybridized carbons (Fsp3) is 0.227. The molecule has 1 N–H and O–H groups in total. The van der Waals surface area contributed by atoms with E-state index in [9.17, 15) is 27.6 Å². The Balaban J connectivity index is 1.74. The molecule has 0 radical (unpaired) electrons. The lowest BCUT2D eigenvalue weighted by atomic mass is 10.2. The number of ether oxygens (including phenoxy) is 2. The van der Waals surface area contributed by atoms with Crippen LogP contribution in [0.5, 0.6) is 11.5 Å². The Kier molecular flexibility index (Phi) is 8.13. The van der Waals surface area contributed by atoms with Crippen molar-refractivity contribution in [2.24, 2.45) is 0 Å². The number of carbonyl (C=O) groups excluding carboxylic acids is 3. The van der Waals surface area contributed by atoms with Crippen LogP contribution in [-0.2, 0) is 15.8 Å². The van der Waals surface area contributed by atoms with Gasteiger partial charge in [-0.3, -0.25) is 19.3 Å². The van der Waals surface area contributed by atoms with Crippen molar-refractivity contribution in [3.63, 3.8) is 0 Å². The van der Waals surface area contributed by atoms with Gasteiger partial charge in [-0.25, -0.2) is 0 Å². The van der Waals surface area contributed by atoms with Gasteiger partial charge in [-0.2, -0.15) is 13.2 Å². The summed E-state index contributed by atoms with van der Waals surface area (Å²) < 4.78 is 50.2. The summed E-state index contributed by atoms with van der Waals surface area (Å²) in [5.74, 6) is -0.473. The summed E-state index contributed by atoms with van der Waals surface area (Å²) in [4.78, 5) is 38.2. The summed E-state index contributed by atoms with van der Waals surface area (Å²) in [7, 11) is 1.48. The largest absolute Gasteiger partial charge is 0.493 e. The van der Waals surface area contributed by atoms with Gasteiger partial charge in [0.25, 0.3) is 11.1 Å². The zero-order valence-corrected chi connectivity index (χ0v) is 20.8. The Morgan fingerprint density at radius 3 is 2.62 bits per heavy atom. The molecule has 0 aromatic heterocycles. The van der Waals surface area contributed by atoms with E-state index >= 15 is 0 Å². The molecule has 1 aliphatic rings. The van der Waals surface area contributed by atoms with Crippen LogP contribution in [0, 0.1) is 3.57 Å². The molecule has 3 amide bonds. The van der Waals surface area contributed by atoms with Crippen LogP contribution in [0.2, 0.25) is 0 Å². The van der Waals surface area contributed by atoms with Crippen molar-refractivity contribution >= 4 is 63.2 Å². The molecular formula is C22H18F3IN2O5S. The van der Waals surface area contributed by atoms with Crippen LogP contribution in [0.15, 0.2) is 41.3 Å². The molecule has 0 atom stereocenters. The number of imide groups is 1. The molecule has 180 valence electrons. The molecule has 12 heteroatoms. The Hall–Kier alpha value is -2.74. The fourth-order valence-corrected chi connectivity index (χ4v) is 4.63. The Bertz CT molecular complexity index is 1170. The third-order valence-corrected chi connectivity index (χ3v) is 6.20. The predicted octanol–water partition coefficient (Wildman–Crippen LogP) is 5.39. The van der Waals surface area contributed by atoms with Gasteiger partial charge in [-0.05, 0) is 83.2 Å². The predicted molar refractivity (Wildman–Crippen MR) is 130 cm³/mol. The number of halogens is 4. The third-order valence-electron chi connectivity index (χ3n) is 4.49. The first kappa shape index (κ1) is 25.9. The highest BCUT2D eigenvalue weighted by Gasteiger charge is 2.36. The van der Waals surface area contributed by atoms with Crippen LogP contribution in [0.4, 0.5) is 23.7 Å². The van der Waals surface area contributed by atoms with Crippen LogP contribution in [-0.4, -0.2) is 42.2 Å². The monoisotopic (exact) mass is 606 g/mol. The number of nitrogens with one attached hydrogen (secondary N) is 1. The van der Waals surface area contributed by atoms with Crippen LogP contribution in [0.3, 0.4) is 0 Å². The molecule has 2 aromatic rings. The number of methoxy groups -OCH3 is 1. The first-order valence-corrected chi connectivity index (χ1v) is 11.7. The van der Waals surface area contributed by atoms with E-state index in [1.54, 1.807) is 12.1 Å². The number of carbonyl (C=O) groups is 3. The minimum absolute atomic E-state index is 0.0962. The molecule has 1 heterocycles. The van der Waals surface area contributed by atoms with Crippen LogP contribution in [0.25, 0.3) is 6.08 Å². The molecule has 0 unspecified atom stereocenters. The number of rotatable bonds is 7. The molecule has 2 aromatic carbocycles. The number of anilines is 1. The van der Waals surface area contributed by atoms with E-state index in [0.717, 1.165) is 26.7 Å². The highest BCUT2D eigenvalue weighted by molar-refractivity contribution is 14.1. The molecule has 1 saturated heterocycles. The third kappa shape index (κ3) is 6.03. The van der Waals surface area contributed by atoms with Gasteiger partial charge < -0.3 is 14.8 Å². The summed E-state index contributed by atoms with van der Waals surface area (Å²) in [6, 6.07) is 7.47. The van der Waals surface area contributed by atoms with Crippen molar-refractivity contribution in [2.75, 3.05) is 25.6 Å². The minimum atomic E-state index is -4.57. The van der Waals surface area contributed by atoms with Crippen LogP contribution < -0.4 is 14.8 Å². The minimum Gasteiger partial charge on any atom is -0.493 e. The average molecular weight is 606 g/mol. The maximum Gasteiger partial charge on any atom is 0.416 e. The van der Waals surface area contributed by atoms with Gasteiger partial charge in [0, 0.05) is 5.69 Å². The fourth-order valence-electron chi connectivity index (χ4n) is 3.01. The molecule has 34 heavy (non-hydrogen) atoms. The standard InChI is InChI=1S/C22H18F3IN2O5S/c1-3-33-19-15(26)7-12(8-16(19)32-2)9-17-20(30)28(21(31)34-17)11-18(29)27-14-6-4-5-13(10-14)22(23,24)25/h4-10H,3,11H2,1-2H3,(H,27,29)/b17-9-. The molecule has 1 fully saturated rings. The van der Waals surface area contributed by atoms with E-state index < -0.39 is 35.3 Å². The number of benzene rings is 2. The molecule has 0 aliphatic carbocycles. The lowest BCUT2D eigenvalue weighted by Gasteiger charge is -2.14. The normalized spacial score (nSPS) is 15.1. The van der Waals surface area contributed by atoms with Gasteiger partial charge >= 0.3 is 6.18 Å². The quantitative estimate of drug-likeness (QED) is 0.336. The summed E-state index contributed by atoms with van der Waals surface area (Å²) in [5.41, 5.74) is -0.443. The SMILES string of the molecule is CCOc1c(I)cc(/C=C2\SC(=O)N(CC(=O)Nc3cccc(C(F)(F)F)c3)C2=O)cc1OC. The second kappa shape index (κ2) is 10.7. The second-order valence-corrected chi connectivity index (χ2v) is 9.02. The van der Waals surface area contributed by atoms with E-state index in [0.29, 0.717) is 35.4 Å². The topological polar surface area (TPSA) is 84.9 Å². The summed E-state index contributed by atoms with van der Waals surface area (Å²) in [5, 5.41) is 1.62. The smallest absolute Gasteiger partial charge is 0.416 e. The lowest BCUT2D eigenvalue weighted by Crippen LogP contribution is -2.36. The van der Waals surface area contributed by atoms with Crippen molar-refractivity contribution in [2.45, 2.75) is 13.1 Å². The highest BCUT2D eigenvalue weighted by atomic mass is 127. The molecule has 0 bridgehead atoms. The first-order valence-electron chi connectivity index (χ1n) is 9.76. The van der Waals surface area contributed by atoms with Crippen molar-refractivity contribution in [3.05, 3.63) is 56.0 Å². The number of hydrogen-bond donors (Lipinski definition) is 1. The average Bonchev–Trinajstić information content (AvgIpc) is 3.02. The Morgan fingerprint density at radius 2 is 1.97 bits per heavy atom. The van der Waals surface area contributed by atoms with E-state index in [-0.39, 0.29) is 10.6 Å². The van der Waals surface area contributed by atoms with Gasteiger partial charge in [0.15, 0.2) is 11.5 Å². The molecule has 0 spiro atoms. The molecule has 0 saturated carbocycles. The Labute approximate surface area is 210 Å². The zero-order chi connectivity index (χ0) is 25.0. The number of alkyl halides is 3. The van der Waals surface area contributed by atoms with Crippen LogP contribution >= 0.6 is 34.4 Å². The van der Waals surface area contributed by atoms with Crippen LogP contribution in [0.1, 0.15) is 18.1 Å². The van der Waals surface area contributed by atoms with Gasteiger partial charge in [0.1, 0.15) is 6.54 Å². The summed E-state index contributed by atoms with van der Waals surface area (Å²) in [6.45, 7) is 1.64. The molecule has 7 nitrogen and oxygen atoms in total. The maximum absolute atomic E-state index is 12.9. The molecule has 3 rings (SSSR count). The van der Waals surface area contributed by atoms with E-state index in [4.69, 9.17) is 9.47 Å². The Morgan fingerprint density at radius 1 is 1.24 bits per heavy atom. The van der Waals surface area contributed by atoms with E-state index in [2.05, 4.69) is 27.9 Å². The van der Waals surface area contributed by atoms with E-state index in [1.807, 2.05) is 6.92 Å². The van der Waals surface area contributed by atoms with Crippen molar-refractivity contribution in [1.29, 1.82) is 0 Å². The number of thioether (sulfide) groups is 1. The van der Waals surface area contributed by atoms with Gasteiger partial charge in [-0.15, -0.1) is 0 Å². The van der Waals surface area contributed by atoms with Gasteiger partial charge in [0.05, 0.1) is 27.8 Å². The summed E-state index contributed by atoms with van der Waals surface area (Å²) in [6.07, 6.45) is -3.07. The zero-order valence-electron chi connectivity index (χ0n) is 17.9. The summed E-state index contributed by atoms with van der Waals surface area (Å²) >= 11 is 2.72. The number of hydrogen-bond acceptors (Lipinski definition) is 6. The highest BCUT2D eigenvalue weighted by Crippen LogP contribution is 2.37. The molecule has 1 aliphatic heterocycles. The molecular weight excluding hydrogens is 588 g/mol. The first-order chi connectivity index (χ1) is 16.0. The van der Waals surface area contributed by atoms with Crippen molar-refractivity contribution < 1.29 is 37.0 Å². The van der Waals surface area contributed by atoms with Gasteiger partial charge in [-0.1, -0.05) is 6.07 Å². The lowest BCUT2D eigenvalue weighted by molar-refractivity contribution is -0.137. The van der Waals surface area contributed by atoms with Crippen molar-refractivity contribution in [3.8, 4) is 11.5 Å². The number of amides is 3. The van der Waals surface area contributed by atoms with E-state index in [1.165, 1.54) is 19.3 Å². The maximum atomic E-state index is 12.9. The van der Waals surface area contributed by atoms with Gasteiger partial charge in [0.2, 0.25) is 5.91 Å². The van der Waals surface area contributed by atoms with Crippen molar-refractivity contribution in [1.82, 2.24) is 4.90 Å². The number of nitrogens with zero attached hydrogens (tertiary/aromatic N) is 1. The second-order valence-electron chi connectivity index (χ2n) is 6.86.